The summed E-state index contributed by atoms with van der Waals surface area (Å²) in [4.78, 5) is 42.4. The highest BCUT2D eigenvalue weighted by Gasteiger charge is 2.35. The van der Waals surface area contributed by atoms with Crippen LogP contribution in [-0.2, 0) is 9.59 Å². The Labute approximate surface area is 284 Å². The summed E-state index contributed by atoms with van der Waals surface area (Å²) in [5, 5.41) is 8.69. The number of carbonyl (C=O) groups is 2. The van der Waals surface area contributed by atoms with Crippen molar-refractivity contribution >= 4 is 33.6 Å². The van der Waals surface area contributed by atoms with Crippen molar-refractivity contribution in [2.45, 2.75) is 95.2 Å². The van der Waals surface area contributed by atoms with Crippen LogP contribution in [0.3, 0.4) is 0 Å². The van der Waals surface area contributed by atoms with Gasteiger partial charge in [0.05, 0.1) is 35.0 Å². The summed E-state index contributed by atoms with van der Waals surface area (Å²) in [5.41, 5.74) is 4.46. The third kappa shape index (κ3) is 7.48. The second kappa shape index (κ2) is 12.2. The van der Waals surface area contributed by atoms with Gasteiger partial charge in [-0.25, -0.2) is 9.97 Å². The van der Waals surface area contributed by atoms with E-state index in [2.05, 4.69) is 111 Å². The molecule has 4 N–H and O–H groups in total. The van der Waals surface area contributed by atoms with Crippen molar-refractivity contribution in [3.63, 3.8) is 0 Å². The van der Waals surface area contributed by atoms with Gasteiger partial charge in [0.25, 0.3) is 0 Å². The first kappa shape index (κ1) is 34.9. The maximum absolute atomic E-state index is 12.9. The maximum Gasteiger partial charge on any atom is 0.225 e. The largest absolute Gasteiger partial charge is 0.345 e. The van der Waals surface area contributed by atoms with Crippen molar-refractivity contribution in [1.29, 1.82) is 0 Å². The summed E-state index contributed by atoms with van der Waals surface area (Å²) >= 11 is 0. The highest BCUT2D eigenvalue weighted by Crippen LogP contribution is 2.36. The number of rotatable bonds is 6. The van der Waals surface area contributed by atoms with E-state index in [1.54, 1.807) is 0 Å². The molecular formula is C40H52N6O2. The van der Waals surface area contributed by atoms with E-state index in [1.165, 1.54) is 0 Å². The molecule has 0 saturated heterocycles. The molecule has 254 valence electrons. The first-order chi connectivity index (χ1) is 22.1. The van der Waals surface area contributed by atoms with Crippen LogP contribution in [0.4, 0.5) is 0 Å². The molecule has 2 aromatic heterocycles. The minimum atomic E-state index is -0.499. The van der Waals surface area contributed by atoms with Gasteiger partial charge in [-0.3, -0.25) is 9.59 Å². The second-order valence-electron chi connectivity index (χ2n) is 17.4. The molecule has 2 heterocycles. The van der Waals surface area contributed by atoms with Gasteiger partial charge in [-0.15, -0.1) is 0 Å². The van der Waals surface area contributed by atoms with E-state index in [-0.39, 0.29) is 34.7 Å². The molecule has 5 rings (SSSR count). The summed E-state index contributed by atoms with van der Waals surface area (Å²) < 4.78 is 0. The van der Waals surface area contributed by atoms with Crippen molar-refractivity contribution in [3.05, 3.63) is 72.4 Å². The first-order valence-electron chi connectivity index (χ1n) is 16.8. The molecule has 2 unspecified atom stereocenters. The number of nitrogens with zero attached hydrogens (tertiary/aromatic N) is 2. The number of nitrogens with one attached hydrogen (secondary N) is 4. The van der Waals surface area contributed by atoms with Gasteiger partial charge >= 0.3 is 0 Å². The van der Waals surface area contributed by atoms with E-state index in [4.69, 9.17) is 9.97 Å². The lowest BCUT2D eigenvalue weighted by atomic mass is 9.85. The van der Waals surface area contributed by atoms with Crippen LogP contribution in [-0.4, -0.2) is 31.8 Å². The van der Waals surface area contributed by atoms with Crippen LogP contribution in [0.15, 0.2) is 60.8 Å². The zero-order chi connectivity index (χ0) is 35.4. The summed E-state index contributed by atoms with van der Waals surface area (Å²) in [6.07, 6.45) is 1.85. The van der Waals surface area contributed by atoms with E-state index in [1.807, 2.05) is 53.8 Å². The molecule has 0 radical (unpaired) electrons. The molecule has 0 aliphatic rings. The number of imidazole rings is 2. The van der Waals surface area contributed by atoms with Gasteiger partial charge in [-0.05, 0) is 57.0 Å². The molecule has 2 atom stereocenters. The van der Waals surface area contributed by atoms with Crippen LogP contribution in [0.5, 0.6) is 0 Å². The molecule has 0 spiro atoms. The highest BCUT2D eigenvalue weighted by atomic mass is 16.2. The Bertz CT molecular complexity index is 1970. The lowest BCUT2D eigenvalue weighted by Gasteiger charge is -2.32. The number of aromatic nitrogens is 4. The van der Waals surface area contributed by atoms with Crippen molar-refractivity contribution < 1.29 is 9.59 Å². The smallest absolute Gasteiger partial charge is 0.225 e. The van der Waals surface area contributed by atoms with Gasteiger partial charge in [0.2, 0.25) is 11.8 Å². The second-order valence-corrected chi connectivity index (χ2v) is 17.4. The molecule has 5 aromatic rings. The van der Waals surface area contributed by atoms with E-state index in [0.29, 0.717) is 0 Å². The Morgan fingerprint density at radius 2 is 1.08 bits per heavy atom. The number of carbonyl (C=O) groups excluding carboxylic acids is 2. The molecule has 0 aliphatic carbocycles. The molecule has 0 saturated carbocycles. The van der Waals surface area contributed by atoms with Gasteiger partial charge in [-0.2, -0.15) is 0 Å². The lowest BCUT2D eigenvalue weighted by molar-refractivity contribution is -0.130. The Kier molecular flexibility index (Phi) is 8.87. The topological polar surface area (TPSA) is 116 Å². The van der Waals surface area contributed by atoms with Gasteiger partial charge in [-0.1, -0.05) is 113 Å². The Hall–Kier alpha value is -4.46. The van der Waals surface area contributed by atoms with Gasteiger partial charge in [0.15, 0.2) is 0 Å². The monoisotopic (exact) mass is 648 g/mol. The third-order valence-electron chi connectivity index (χ3n) is 8.77. The number of amides is 2. The van der Waals surface area contributed by atoms with E-state index < -0.39 is 10.8 Å². The van der Waals surface area contributed by atoms with E-state index in [0.717, 1.165) is 55.8 Å². The molecule has 8 nitrogen and oxygen atoms in total. The molecule has 48 heavy (non-hydrogen) atoms. The lowest BCUT2D eigenvalue weighted by Crippen LogP contribution is -2.42. The summed E-state index contributed by atoms with van der Waals surface area (Å²) in [6.45, 7) is 24.2. The molecular weight excluding hydrogens is 596 g/mol. The molecule has 0 bridgehead atoms. The normalized spacial score (nSPS) is 14.2. The van der Waals surface area contributed by atoms with E-state index >= 15 is 0 Å². The fourth-order valence-corrected chi connectivity index (χ4v) is 5.65. The molecule has 0 fully saturated rings. The van der Waals surface area contributed by atoms with E-state index in [9.17, 15) is 9.59 Å². The summed E-state index contributed by atoms with van der Waals surface area (Å²) in [7, 11) is 0. The number of hydrogen-bond donors (Lipinski definition) is 4. The predicted octanol–water partition coefficient (Wildman–Crippen LogP) is 9.27. The van der Waals surface area contributed by atoms with Gasteiger partial charge < -0.3 is 20.6 Å². The quantitative estimate of drug-likeness (QED) is 0.147. The minimum absolute atomic E-state index is 0.00504. The zero-order valence-corrected chi connectivity index (χ0v) is 30.6. The van der Waals surface area contributed by atoms with Gasteiger partial charge in [0.1, 0.15) is 11.6 Å². The summed E-state index contributed by atoms with van der Waals surface area (Å²) in [6, 6.07) is 18.6. The van der Waals surface area contributed by atoms with Gasteiger partial charge in [0, 0.05) is 16.4 Å². The Morgan fingerprint density at radius 3 is 1.62 bits per heavy atom. The Balaban J connectivity index is 1.41. The van der Waals surface area contributed by atoms with Crippen molar-refractivity contribution in [2.24, 2.45) is 21.7 Å². The number of hydrogen-bond acceptors (Lipinski definition) is 4. The fourth-order valence-electron chi connectivity index (χ4n) is 5.65. The number of benzene rings is 3. The van der Waals surface area contributed by atoms with Crippen LogP contribution < -0.4 is 10.6 Å². The Morgan fingerprint density at radius 1 is 0.604 bits per heavy atom. The van der Waals surface area contributed by atoms with Crippen molar-refractivity contribution in [1.82, 2.24) is 30.6 Å². The SMILES string of the molecule is CC(C)(C)C(=O)NC(c1ncc(-c2ccc3cc(-c4ccc5nc(C(NC(=O)C(C)(C)C)C(C)(C)C)[nH]c5c4)ccc3c2)[nH]1)C(C)(C)C. The zero-order valence-electron chi connectivity index (χ0n) is 30.6. The first-order valence-corrected chi connectivity index (χ1v) is 16.8. The molecule has 0 aliphatic heterocycles. The fraction of sp³-hybridized carbons (Fsp3) is 0.450. The maximum atomic E-state index is 12.9. The standard InChI is InChI=1S/C40H52N6O2/c1-37(2,3)31(45-35(47)39(7,8)9)33-41-22-30(44-33)27-16-15-23-19-24(13-14-25(23)20-27)26-17-18-28-29(21-26)43-34(42-28)32(38(4,5)6)46-36(48)40(10,11)12/h13-22,31-32H,1-12H3,(H,41,44)(H,42,43)(H,45,47)(H,46,48). The number of aromatic amines is 2. The predicted molar refractivity (Wildman–Crippen MR) is 196 cm³/mol. The van der Waals surface area contributed by atoms with Crippen LogP contribution in [0.1, 0.15) is 107 Å². The molecule has 8 heteroatoms. The van der Waals surface area contributed by atoms with Crippen LogP contribution in [0, 0.1) is 21.7 Å². The number of fused-ring (bicyclic) bond motifs is 2. The third-order valence-corrected chi connectivity index (χ3v) is 8.77. The average Bonchev–Trinajstić information content (AvgIpc) is 3.62. The minimum Gasteiger partial charge on any atom is -0.345 e. The number of H-pyrrole nitrogens is 2. The highest BCUT2D eigenvalue weighted by molar-refractivity contribution is 5.92. The molecule has 3 aromatic carbocycles. The molecule has 2 amide bonds. The van der Waals surface area contributed by atoms with Crippen molar-refractivity contribution in [2.75, 3.05) is 0 Å². The van der Waals surface area contributed by atoms with Crippen LogP contribution >= 0.6 is 0 Å². The van der Waals surface area contributed by atoms with Crippen LogP contribution in [0.25, 0.3) is 44.2 Å². The summed E-state index contributed by atoms with van der Waals surface area (Å²) in [5.74, 6) is 1.49. The van der Waals surface area contributed by atoms with Crippen molar-refractivity contribution in [3.8, 4) is 22.4 Å². The van der Waals surface area contributed by atoms with Crippen LogP contribution in [0.2, 0.25) is 0 Å². The average molecular weight is 649 g/mol.